The minimum Gasteiger partial charge on any atom is -0.369 e. The topological polar surface area (TPSA) is 53.1 Å². The van der Waals surface area contributed by atoms with Crippen molar-refractivity contribution in [3.05, 3.63) is 65.7 Å². The van der Waals surface area contributed by atoms with E-state index >= 15 is 0 Å². The Hall–Kier alpha value is -2.63. The molecule has 6 heteroatoms. The zero-order valence-corrected chi connectivity index (χ0v) is 17.1. The number of halogens is 1. The number of hydrogen-bond acceptors (Lipinski definition) is 5. The number of nitrogens with one attached hydrogen (secondary N) is 2. The molecule has 0 amide bonds. The largest absolute Gasteiger partial charge is 0.369 e. The number of likely N-dealkylation sites (N-methyl/N-ethyl adjacent to an activating group) is 1. The summed E-state index contributed by atoms with van der Waals surface area (Å²) in [6, 6.07) is 19.5. The average Bonchev–Trinajstić information content (AvgIpc) is 2.73. The van der Waals surface area contributed by atoms with Crippen molar-refractivity contribution >= 4 is 28.9 Å². The first-order valence-corrected chi connectivity index (χ1v) is 9.99. The molecule has 1 heterocycles. The van der Waals surface area contributed by atoms with Gasteiger partial charge in [-0.15, -0.1) is 0 Å². The van der Waals surface area contributed by atoms with Crippen LogP contribution in [0.5, 0.6) is 0 Å². The molecule has 0 aliphatic heterocycles. The number of nitrogens with zero attached hydrogens (tertiary/aromatic N) is 3. The minimum absolute atomic E-state index is 0.685. The van der Waals surface area contributed by atoms with Gasteiger partial charge in [0.1, 0.15) is 11.6 Å². The third-order valence-corrected chi connectivity index (χ3v) is 4.76. The van der Waals surface area contributed by atoms with Gasteiger partial charge in [0.05, 0.1) is 0 Å². The Kier molecular flexibility index (Phi) is 7.23. The zero-order valence-electron chi connectivity index (χ0n) is 16.3. The predicted octanol–water partition coefficient (Wildman–Crippen LogP) is 5.29. The molecule has 28 heavy (non-hydrogen) atoms. The van der Waals surface area contributed by atoms with Crippen LogP contribution in [0.4, 0.5) is 17.3 Å². The van der Waals surface area contributed by atoms with E-state index in [4.69, 9.17) is 21.6 Å². The molecular formula is C22H26ClN5. The van der Waals surface area contributed by atoms with E-state index in [-0.39, 0.29) is 0 Å². The van der Waals surface area contributed by atoms with Crippen LogP contribution in [0.15, 0.2) is 60.7 Å². The van der Waals surface area contributed by atoms with E-state index in [0.717, 1.165) is 49.1 Å². The molecule has 0 spiro atoms. The SMILES string of the molecule is CCN(CC)CCNc1cc(Nc2ccc(Cl)cc2)nc(-c2ccccc2)n1. The highest BCUT2D eigenvalue weighted by Gasteiger charge is 2.08. The number of rotatable bonds is 9. The van der Waals surface area contributed by atoms with Crippen molar-refractivity contribution in [3.8, 4) is 11.4 Å². The lowest BCUT2D eigenvalue weighted by Gasteiger charge is -2.18. The molecule has 0 saturated heterocycles. The molecule has 0 saturated carbocycles. The van der Waals surface area contributed by atoms with Crippen LogP contribution in [-0.4, -0.2) is 41.0 Å². The highest BCUT2D eigenvalue weighted by atomic mass is 35.5. The molecule has 2 N–H and O–H groups in total. The van der Waals surface area contributed by atoms with E-state index in [2.05, 4.69) is 29.4 Å². The molecule has 0 aliphatic rings. The Balaban J connectivity index is 1.82. The van der Waals surface area contributed by atoms with Crippen molar-refractivity contribution in [2.75, 3.05) is 36.8 Å². The van der Waals surface area contributed by atoms with E-state index in [1.165, 1.54) is 0 Å². The van der Waals surface area contributed by atoms with Gasteiger partial charge in [-0.2, -0.15) is 0 Å². The lowest BCUT2D eigenvalue weighted by atomic mass is 10.2. The molecule has 0 radical (unpaired) electrons. The van der Waals surface area contributed by atoms with Gasteiger partial charge in [-0.3, -0.25) is 0 Å². The van der Waals surface area contributed by atoms with Crippen LogP contribution in [0.2, 0.25) is 5.02 Å². The minimum atomic E-state index is 0.685. The van der Waals surface area contributed by atoms with Crippen LogP contribution in [-0.2, 0) is 0 Å². The molecule has 2 aromatic carbocycles. The monoisotopic (exact) mass is 395 g/mol. The summed E-state index contributed by atoms with van der Waals surface area (Å²) < 4.78 is 0. The van der Waals surface area contributed by atoms with Crippen LogP contribution < -0.4 is 10.6 Å². The first kappa shape index (κ1) is 20.1. The first-order chi connectivity index (χ1) is 13.7. The fourth-order valence-corrected chi connectivity index (χ4v) is 3.01. The molecule has 0 atom stereocenters. The van der Waals surface area contributed by atoms with E-state index in [1.54, 1.807) is 0 Å². The summed E-state index contributed by atoms with van der Waals surface area (Å²) in [6.07, 6.45) is 0. The molecule has 0 aliphatic carbocycles. The van der Waals surface area contributed by atoms with Gasteiger partial charge >= 0.3 is 0 Å². The van der Waals surface area contributed by atoms with Crippen LogP contribution in [0.3, 0.4) is 0 Å². The maximum Gasteiger partial charge on any atom is 0.163 e. The Morgan fingerprint density at radius 2 is 1.57 bits per heavy atom. The Morgan fingerprint density at radius 1 is 0.893 bits per heavy atom. The third kappa shape index (κ3) is 5.68. The summed E-state index contributed by atoms with van der Waals surface area (Å²) in [5.74, 6) is 2.23. The van der Waals surface area contributed by atoms with Crippen molar-refractivity contribution in [2.45, 2.75) is 13.8 Å². The lowest BCUT2D eigenvalue weighted by Crippen LogP contribution is -2.28. The highest BCUT2D eigenvalue weighted by molar-refractivity contribution is 6.30. The molecule has 3 aromatic rings. The molecule has 0 unspecified atom stereocenters. The van der Waals surface area contributed by atoms with Crippen molar-refractivity contribution in [1.82, 2.24) is 14.9 Å². The molecule has 0 bridgehead atoms. The van der Waals surface area contributed by atoms with Gasteiger partial charge in [0.2, 0.25) is 0 Å². The molecule has 0 fully saturated rings. The van der Waals surface area contributed by atoms with Gasteiger partial charge in [-0.25, -0.2) is 9.97 Å². The number of benzene rings is 2. The Labute approximate surface area is 171 Å². The van der Waals surface area contributed by atoms with Crippen molar-refractivity contribution in [2.24, 2.45) is 0 Å². The standard InChI is InChI=1S/C22H26ClN5/c1-3-28(4-2)15-14-24-20-16-21(25-19-12-10-18(23)11-13-19)27-22(26-20)17-8-6-5-7-9-17/h5-13,16H,3-4,14-15H2,1-2H3,(H2,24,25,26,27). The van der Waals surface area contributed by atoms with Crippen LogP contribution in [0.25, 0.3) is 11.4 Å². The summed E-state index contributed by atoms with van der Waals surface area (Å²) in [6.45, 7) is 8.23. The zero-order chi connectivity index (χ0) is 19.8. The molecule has 3 rings (SSSR count). The smallest absolute Gasteiger partial charge is 0.163 e. The van der Waals surface area contributed by atoms with Crippen molar-refractivity contribution in [3.63, 3.8) is 0 Å². The second kappa shape index (κ2) is 10.1. The summed E-state index contributed by atoms with van der Waals surface area (Å²) >= 11 is 5.98. The molecule has 1 aromatic heterocycles. The average molecular weight is 396 g/mol. The van der Waals surface area contributed by atoms with Gasteiger partial charge < -0.3 is 15.5 Å². The van der Waals surface area contributed by atoms with E-state index in [9.17, 15) is 0 Å². The van der Waals surface area contributed by atoms with E-state index in [0.29, 0.717) is 10.8 Å². The van der Waals surface area contributed by atoms with Gasteiger partial charge in [0.15, 0.2) is 5.82 Å². The summed E-state index contributed by atoms with van der Waals surface area (Å²) in [7, 11) is 0. The quantitative estimate of drug-likeness (QED) is 0.515. The van der Waals surface area contributed by atoms with Crippen molar-refractivity contribution < 1.29 is 0 Å². The van der Waals surface area contributed by atoms with Crippen LogP contribution >= 0.6 is 11.6 Å². The fraction of sp³-hybridized carbons (Fsp3) is 0.273. The normalized spacial score (nSPS) is 10.9. The maximum absolute atomic E-state index is 5.98. The number of aromatic nitrogens is 2. The Morgan fingerprint density at radius 3 is 2.25 bits per heavy atom. The first-order valence-electron chi connectivity index (χ1n) is 9.61. The molecule has 146 valence electrons. The number of hydrogen-bond donors (Lipinski definition) is 2. The van der Waals surface area contributed by atoms with E-state index in [1.807, 2.05) is 60.7 Å². The predicted molar refractivity (Wildman–Crippen MR) is 118 cm³/mol. The fourth-order valence-electron chi connectivity index (χ4n) is 2.88. The maximum atomic E-state index is 5.98. The van der Waals surface area contributed by atoms with Crippen LogP contribution in [0, 0.1) is 0 Å². The highest BCUT2D eigenvalue weighted by Crippen LogP contribution is 2.23. The molecule has 5 nitrogen and oxygen atoms in total. The van der Waals surface area contributed by atoms with Gasteiger partial charge in [0, 0.05) is 35.4 Å². The second-order valence-electron chi connectivity index (χ2n) is 6.41. The lowest BCUT2D eigenvalue weighted by molar-refractivity contribution is 0.316. The summed E-state index contributed by atoms with van der Waals surface area (Å²) in [5, 5.41) is 7.48. The van der Waals surface area contributed by atoms with Crippen LogP contribution in [0.1, 0.15) is 13.8 Å². The Bertz CT molecular complexity index is 864. The third-order valence-electron chi connectivity index (χ3n) is 4.50. The van der Waals surface area contributed by atoms with E-state index < -0.39 is 0 Å². The number of anilines is 3. The second-order valence-corrected chi connectivity index (χ2v) is 6.85. The van der Waals surface area contributed by atoms with Gasteiger partial charge in [-0.1, -0.05) is 55.8 Å². The van der Waals surface area contributed by atoms with Gasteiger partial charge in [0.25, 0.3) is 0 Å². The molecular weight excluding hydrogens is 370 g/mol. The summed E-state index contributed by atoms with van der Waals surface area (Å²) in [4.78, 5) is 11.8. The van der Waals surface area contributed by atoms with Gasteiger partial charge in [-0.05, 0) is 37.4 Å². The summed E-state index contributed by atoms with van der Waals surface area (Å²) in [5.41, 5.74) is 1.91. The van der Waals surface area contributed by atoms with Crippen molar-refractivity contribution in [1.29, 1.82) is 0 Å².